The maximum atomic E-state index is 8.17. The van der Waals surface area contributed by atoms with Gasteiger partial charge in [-0.15, -0.1) is 0 Å². The zero-order valence-corrected chi connectivity index (χ0v) is 11.4. The van der Waals surface area contributed by atoms with E-state index >= 15 is 0 Å². The molecule has 0 bridgehead atoms. The highest BCUT2D eigenvalue weighted by molar-refractivity contribution is 4.44. The van der Waals surface area contributed by atoms with E-state index in [0.29, 0.717) is 0 Å². The molecular formula is C13H30O4. The number of aliphatic hydroxyl groups is 3. The maximum Gasteiger partial charge on any atom is 0.100 e. The minimum absolute atomic E-state index is 0.365. The normalized spacial score (nSPS) is 10.2. The largest absolute Gasteiger partial charge is 0.394 e. The molecule has 0 saturated heterocycles. The molecule has 0 aliphatic carbocycles. The molecule has 0 aliphatic rings. The van der Waals surface area contributed by atoms with Gasteiger partial charge in [-0.1, -0.05) is 39.5 Å². The molecule has 0 amide bonds. The van der Waals surface area contributed by atoms with Crippen LogP contribution in [0.25, 0.3) is 0 Å². The quantitative estimate of drug-likeness (QED) is 0.516. The van der Waals surface area contributed by atoms with E-state index in [4.69, 9.17) is 20.1 Å². The molecule has 0 heterocycles. The third-order valence-corrected chi connectivity index (χ3v) is 2.21. The van der Waals surface area contributed by atoms with Crippen LogP contribution in [0.5, 0.6) is 0 Å². The van der Waals surface area contributed by atoms with Crippen molar-refractivity contribution in [2.45, 2.75) is 58.5 Å². The van der Waals surface area contributed by atoms with Gasteiger partial charge in [-0.25, -0.2) is 0 Å². The lowest BCUT2D eigenvalue weighted by molar-refractivity contribution is 0.0450. The Balaban J connectivity index is 0. The fraction of sp³-hybridized carbons (Fsp3) is 1.00. The number of unbranched alkanes of at least 4 members (excludes halogenated alkanes) is 4. The fourth-order valence-corrected chi connectivity index (χ4v) is 1.07. The minimum Gasteiger partial charge on any atom is -0.394 e. The molecule has 0 aromatic heterocycles. The summed E-state index contributed by atoms with van der Waals surface area (Å²) >= 11 is 0. The van der Waals surface area contributed by atoms with Crippen molar-refractivity contribution >= 4 is 0 Å². The lowest BCUT2D eigenvalue weighted by Crippen LogP contribution is -2.15. The monoisotopic (exact) mass is 250 g/mol. The van der Waals surface area contributed by atoms with Gasteiger partial charge in [0.25, 0.3) is 0 Å². The molecule has 0 aromatic rings. The molecule has 0 saturated carbocycles. The van der Waals surface area contributed by atoms with E-state index in [2.05, 4.69) is 13.8 Å². The molecule has 0 aromatic carbocycles. The SMILES string of the molecule is CCCCCOCCCCC.OCC(O)CO. The van der Waals surface area contributed by atoms with Gasteiger partial charge in [0.05, 0.1) is 13.2 Å². The second-order valence-electron chi connectivity index (χ2n) is 4.05. The van der Waals surface area contributed by atoms with E-state index in [9.17, 15) is 0 Å². The number of hydrogen-bond donors (Lipinski definition) is 3. The van der Waals surface area contributed by atoms with Crippen molar-refractivity contribution in [1.82, 2.24) is 0 Å². The molecule has 4 heteroatoms. The summed E-state index contributed by atoms with van der Waals surface area (Å²) in [4.78, 5) is 0. The van der Waals surface area contributed by atoms with Crippen LogP contribution in [0.2, 0.25) is 0 Å². The van der Waals surface area contributed by atoms with Gasteiger partial charge in [0.2, 0.25) is 0 Å². The summed E-state index contributed by atoms with van der Waals surface area (Å²) in [5.41, 5.74) is 0. The molecule has 0 fully saturated rings. The molecule has 0 radical (unpaired) electrons. The van der Waals surface area contributed by atoms with Gasteiger partial charge >= 0.3 is 0 Å². The minimum atomic E-state index is -0.954. The highest BCUT2D eigenvalue weighted by Crippen LogP contribution is 1.97. The number of hydrogen-bond acceptors (Lipinski definition) is 4. The van der Waals surface area contributed by atoms with Crippen LogP contribution in [0.4, 0.5) is 0 Å². The first-order valence-corrected chi connectivity index (χ1v) is 6.70. The zero-order chi connectivity index (χ0) is 13.4. The molecular weight excluding hydrogens is 220 g/mol. The zero-order valence-electron chi connectivity index (χ0n) is 11.4. The molecule has 0 rings (SSSR count). The predicted molar refractivity (Wildman–Crippen MR) is 70.0 cm³/mol. The lowest BCUT2D eigenvalue weighted by atomic mass is 10.2. The van der Waals surface area contributed by atoms with Crippen LogP contribution in [0.15, 0.2) is 0 Å². The van der Waals surface area contributed by atoms with E-state index in [1.54, 1.807) is 0 Å². The Kier molecular flexibility index (Phi) is 20.6. The van der Waals surface area contributed by atoms with Gasteiger partial charge in [-0.3, -0.25) is 0 Å². The first kappa shape index (κ1) is 19.2. The number of ether oxygens (including phenoxy) is 1. The van der Waals surface area contributed by atoms with Crippen molar-refractivity contribution in [2.75, 3.05) is 26.4 Å². The van der Waals surface area contributed by atoms with Gasteiger partial charge in [0.15, 0.2) is 0 Å². The van der Waals surface area contributed by atoms with Crippen LogP contribution in [0.3, 0.4) is 0 Å². The summed E-state index contributed by atoms with van der Waals surface area (Å²) in [6.07, 6.45) is 6.73. The first-order valence-electron chi connectivity index (χ1n) is 6.70. The second kappa shape index (κ2) is 18.2. The third kappa shape index (κ3) is 21.6. The first-order chi connectivity index (χ1) is 8.22. The van der Waals surface area contributed by atoms with Crippen LogP contribution >= 0.6 is 0 Å². The van der Waals surface area contributed by atoms with E-state index < -0.39 is 6.10 Å². The van der Waals surface area contributed by atoms with Gasteiger partial charge in [-0.2, -0.15) is 0 Å². The lowest BCUT2D eigenvalue weighted by Gasteiger charge is -2.01. The van der Waals surface area contributed by atoms with E-state index in [0.717, 1.165) is 13.2 Å². The summed E-state index contributed by atoms with van der Waals surface area (Å²) in [6.45, 7) is 5.65. The smallest absolute Gasteiger partial charge is 0.100 e. The van der Waals surface area contributed by atoms with Crippen molar-refractivity contribution in [3.8, 4) is 0 Å². The number of aliphatic hydroxyl groups excluding tert-OH is 3. The van der Waals surface area contributed by atoms with Crippen molar-refractivity contribution in [3.63, 3.8) is 0 Å². The Morgan fingerprint density at radius 3 is 1.47 bits per heavy atom. The Bertz CT molecular complexity index is 108. The highest BCUT2D eigenvalue weighted by atomic mass is 16.5. The van der Waals surface area contributed by atoms with Crippen LogP contribution in [0.1, 0.15) is 52.4 Å². The van der Waals surface area contributed by atoms with Crippen molar-refractivity contribution < 1.29 is 20.1 Å². The topological polar surface area (TPSA) is 69.9 Å². The molecule has 4 nitrogen and oxygen atoms in total. The maximum absolute atomic E-state index is 8.17. The molecule has 0 spiro atoms. The van der Waals surface area contributed by atoms with Gasteiger partial charge in [0, 0.05) is 13.2 Å². The molecule has 0 aliphatic heterocycles. The molecule has 106 valence electrons. The second-order valence-corrected chi connectivity index (χ2v) is 4.05. The third-order valence-electron chi connectivity index (χ3n) is 2.21. The summed E-state index contributed by atoms with van der Waals surface area (Å²) in [5, 5.41) is 24.0. The number of rotatable bonds is 10. The fourth-order valence-electron chi connectivity index (χ4n) is 1.07. The Labute approximate surface area is 106 Å². The summed E-state index contributed by atoms with van der Waals surface area (Å²) in [7, 11) is 0. The summed E-state index contributed by atoms with van der Waals surface area (Å²) in [5.74, 6) is 0. The van der Waals surface area contributed by atoms with Crippen LogP contribution in [0, 0.1) is 0 Å². The highest BCUT2D eigenvalue weighted by Gasteiger charge is 1.93. The van der Waals surface area contributed by atoms with Gasteiger partial charge in [0.1, 0.15) is 6.10 Å². The summed E-state index contributed by atoms with van der Waals surface area (Å²) in [6, 6.07) is 0. The van der Waals surface area contributed by atoms with Crippen LogP contribution in [-0.2, 0) is 4.74 Å². The Morgan fingerprint density at radius 1 is 0.824 bits per heavy atom. The summed E-state index contributed by atoms with van der Waals surface area (Å²) < 4.78 is 5.44. The molecule has 0 unspecified atom stereocenters. The Morgan fingerprint density at radius 2 is 1.24 bits per heavy atom. The van der Waals surface area contributed by atoms with E-state index in [-0.39, 0.29) is 13.2 Å². The predicted octanol–water partition coefficient (Wildman–Crippen LogP) is 1.72. The molecule has 0 atom stereocenters. The molecule has 3 N–H and O–H groups in total. The van der Waals surface area contributed by atoms with Crippen molar-refractivity contribution in [3.05, 3.63) is 0 Å². The average Bonchev–Trinajstić information content (AvgIpc) is 2.37. The van der Waals surface area contributed by atoms with Crippen LogP contribution < -0.4 is 0 Å². The van der Waals surface area contributed by atoms with Crippen molar-refractivity contribution in [2.24, 2.45) is 0 Å². The van der Waals surface area contributed by atoms with Crippen LogP contribution in [-0.4, -0.2) is 47.9 Å². The van der Waals surface area contributed by atoms with Gasteiger partial charge < -0.3 is 20.1 Å². The average molecular weight is 250 g/mol. The van der Waals surface area contributed by atoms with Crippen molar-refractivity contribution in [1.29, 1.82) is 0 Å². The van der Waals surface area contributed by atoms with E-state index in [1.807, 2.05) is 0 Å². The molecule has 17 heavy (non-hydrogen) atoms. The van der Waals surface area contributed by atoms with Gasteiger partial charge in [-0.05, 0) is 12.8 Å². The Hall–Kier alpha value is -0.160. The standard InChI is InChI=1S/C10H22O.C3H8O3/c1-3-5-7-9-11-10-8-6-4-2;4-1-3(6)2-5/h3-10H2,1-2H3;3-6H,1-2H2. The van der Waals surface area contributed by atoms with E-state index in [1.165, 1.54) is 38.5 Å².